The summed E-state index contributed by atoms with van der Waals surface area (Å²) in [5.41, 5.74) is 1.42. The fourth-order valence-electron chi connectivity index (χ4n) is 3.81. The van der Waals surface area contributed by atoms with E-state index >= 15 is 0 Å². The zero-order valence-electron chi connectivity index (χ0n) is 26.2. The van der Waals surface area contributed by atoms with Crippen LogP contribution in [0, 0.1) is 0 Å². The first-order valence-corrected chi connectivity index (χ1v) is 17.1. The number of unbranched alkanes of at least 4 members (excludes halogenated alkanes) is 4. The molecule has 1 aromatic carbocycles. The summed E-state index contributed by atoms with van der Waals surface area (Å²) in [6, 6.07) is 10.6. The van der Waals surface area contributed by atoms with Crippen LogP contribution in [-0.4, -0.2) is 90.9 Å². The lowest BCUT2D eigenvalue weighted by atomic mass is 10.1. The van der Waals surface area contributed by atoms with Crippen molar-refractivity contribution in [3.63, 3.8) is 0 Å². The number of quaternary nitrogens is 3. The summed E-state index contributed by atoms with van der Waals surface area (Å²) >= 11 is 4.95. The molecule has 0 heterocycles. The predicted molar refractivity (Wildman–Crippen MR) is 178 cm³/mol. The molecule has 1 rings (SSSR count). The van der Waals surface area contributed by atoms with Crippen LogP contribution in [0.15, 0.2) is 30.3 Å². The highest BCUT2D eigenvalue weighted by molar-refractivity contribution is 14.1. The summed E-state index contributed by atoms with van der Waals surface area (Å²) in [5, 5.41) is 0. The number of halogens is 5. The average molecular weight is 825 g/mol. The third-order valence-corrected chi connectivity index (χ3v) is 8.36. The van der Waals surface area contributed by atoms with Crippen LogP contribution < -0.4 is 37.2 Å². The van der Waals surface area contributed by atoms with Gasteiger partial charge in [-0.25, -0.2) is 0 Å². The standard InChI is InChI=1S/C16H35IN.C10H15IN.C4H12N.3ClH/c1-4-7-13-18(14-8-5-2,15-9-6-3)16-11-10-12-17;1-12(2,9-11)8-10-6-4-3-5-7-10;1-5(2,3)4;;;/h4-16H2,1-3H3;3-7H,8-9H2,1-2H3;1-4H3;3*1H/q3*+1;;;/p-3. The minimum absolute atomic E-state index is 0. The van der Waals surface area contributed by atoms with Gasteiger partial charge in [0.25, 0.3) is 0 Å². The van der Waals surface area contributed by atoms with Crippen molar-refractivity contribution < 1.29 is 50.7 Å². The molecule has 0 aromatic heterocycles. The molecule has 8 heteroatoms. The smallest absolute Gasteiger partial charge is 0.129 e. The molecule has 0 fully saturated rings. The van der Waals surface area contributed by atoms with E-state index < -0.39 is 0 Å². The molecule has 0 atom stereocenters. The molecule has 0 aliphatic rings. The van der Waals surface area contributed by atoms with Crippen molar-refractivity contribution in [1.82, 2.24) is 0 Å². The molecule has 0 aliphatic carbocycles. The number of hydrogen-bond donors (Lipinski definition) is 0. The normalized spacial score (nSPS) is 10.9. The third kappa shape index (κ3) is 33.6. The molecule has 0 radical (unpaired) electrons. The Kier molecular flexibility index (Phi) is 38.7. The van der Waals surface area contributed by atoms with Crippen molar-refractivity contribution in [3.8, 4) is 0 Å². The molecule has 0 bridgehead atoms. The number of hydrogen-bond acceptors (Lipinski definition) is 0. The van der Waals surface area contributed by atoms with Crippen LogP contribution in [-0.2, 0) is 6.54 Å². The third-order valence-electron chi connectivity index (χ3n) is 5.75. The van der Waals surface area contributed by atoms with E-state index in [4.69, 9.17) is 0 Å². The van der Waals surface area contributed by atoms with Gasteiger partial charge in [-0.3, -0.25) is 0 Å². The lowest BCUT2D eigenvalue weighted by Gasteiger charge is -2.39. The molecule has 38 heavy (non-hydrogen) atoms. The van der Waals surface area contributed by atoms with Gasteiger partial charge in [0.05, 0.1) is 68.5 Å². The fraction of sp³-hybridized carbons (Fsp3) is 0.800. The van der Waals surface area contributed by atoms with E-state index in [1.807, 2.05) is 0 Å². The van der Waals surface area contributed by atoms with Gasteiger partial charge < -0.3 is 50.7 Å². The Bertz CT molecular complexity index is 558. The van der Waals surface area contributed by atoms with Crippen LogP contribution in [0.4, 0.5) is 0 Å². The molecule has 0 spiro atoms. The van der Waals surface area contributed by atoms with E-state index in [9.17, 15) is 0 Å². The summed E-state index contributed by atoms with van der Waals surface area (Å²) in [4.78, 5) is 0. The van der Waals surface area contributed by atoms with Gasteiger partial charge in [0.15, 0.2) is 0 Å². The van der Waals surface area contributed by atoms with E-state index in [1.54, 1.807) is 0 Å². The lowest BCUT2D eigenvalue weighted by molar-refractivity contribution is -0.929. The van der Waals surface area contributed by atoms with Gasteiger partial charge in [0.2, 0.25) is 0 Å². The Morgan fingerprint density at radius 1 is 0.579 bits per heavy atom. The largest absolute Gasteiger partial charge is 1.00 e. The van der Waals surface area contributed by atoms with Crippen LogP contribution in [0.2, 0.25) is 0 Å². The molecule has 1 aromatic rings. The van der Waals surface area contributed by atoms with Gasteiger partial charge in [0.1, 0.15) is 11.1 Å². The van der Waals surface area contributed by atoms with Crippen molar-refractivity contribution in [1.29, 1.82) is 0 Å². The lowest BCUT2D eigenvalue weighted by Crippen LogP contribution is -3.00. The Morgan fingerprint density at radius 2 is 0.947 bits per heavy atom. The highest BCUT2D eigenvalue weighted by Crippen LogP contribution is 2.17. The van der Waals surface area contributed by atoms with Crippen LogP contribution in [0.25, 0.3) is 0 Å². The second-order valence-electron chi connectivity index (χ2n) is 12.1. The zero-order chi connectivity index (χ0) is 27.2. The summed E-state index contributed by atoms with van der Waals surface area (Å²) in [6.45, 7) is 13.8. The maximum absolute atomic E-state index is 2.52. The van der Waals surface area contributed by atoms with Gasteiger partial charge in [-0.1, -0.05) is 93.0 Å². The summed E-state index contributed by atoms with van der Waals surface area (Å²) in [5.74, 6) is 0. The Balaban J connectivity index is -0.000000158. The predicted octanol–water partition coefficient (Wildman–Crippen LogP) is -0.591. The number of nitrogens with zero attached hydrogens (tertiary/aromatic N) is 3. The molecular weight excluding hydrogens is 763 g/mol. The second kappa shape index (κ2) is 29.9. The summed E-state index contributed by atoms with van der Waals surface area (Å²) in [6.07, 6.45) is 11.1. The van der Waals surface area contributed by atoms with Crippen LogP contribution in [0.3, 0.4) is 0 Å². The van der Waals surface area contributed by atoms with Crippen molar-refractivity contribution in [3.05, 3.63) is 35.9 Å². The van der Waals surface area contributed by atoms with Gasteiger partial charge >= 0.3 is 0 Å². The average Bonchev–Trinajstić information content (AvgIpc) is 2.79. The van der Waals surface area contributed by atoms with Gasteiger partial charge in [0, 0.05) is 5.56 Å². The molecular formula is C30H62Cl3I2N3. The number of alkyl halides is 2. The van der Waals surface area contributed by atoms with Crippen molar-refractivity contribution in [2.45, 2.75) is 78.7 Å². The van der Waals surface area contributed by atoms with E-state index in [2.05, 4.69) is 139 Å². The molecule has 0 saturated heterocycles. The summed E-state index contributed by atoms with van der Waals surface area (Å²) in [7, 11) is 13.0. The number of rotatable bonds is 16. The molecule has 232 valence electrons. The Hall–Kier alpha value is 1.43. The first-order chi connectivity index (χ1) is 16.4. The minimum Gasteiger partial charge on any atom is -1.00 e. The number of benzene rings is 1. The van der Waals surface area contributed by atoms with Crippen molar-refractivity contribution in [2.24, 2.45) is 0 Å². The van der Waals surface area contributed by atoms with E-state index in [1.165, 1.54) is 92.0 Å². The topological polar surface area (TPSA) is 0 Å². The van der Waals surface area contributed by atoms with Crippen LogP contribution in [0.5, 0.6) is 0 Å². The minimum atomic E-state index is 0. The fourth-order valence-corrected chi connectivity index (χ4v) is 4.59. The molecule has 0 amide bonds. The van der Waals surface area contributed by atoms with Gasteiger partial charge in [-0.15, -0.1) is 0 Å². The van der Waals surface area contributed by atoms with E-state index in [-0.39, 0.29) is 37.2 Å². The second-order valence-corrected chi connectivity index (χ2v) is 13.8. The zero-order valence-corrected chi connectivity index (χ0v) is 32.8. The van der Waals surface area contributed by atoms with E-state index in [0.717, 1.165) is 20.1 Å². The van der Waals surface area contributed by atoms with Crippen molar-refractivity contribution >= 4 is 45.2 Å². The van der Waals surface area contributed by atoms with Crippen molar-refractivity contribution in [2.75, 3.05) is 77.4 Å². The summed E-state index contributed by atoms with van der Waals surface area (Å²) < 4.78 is 5.94. The first kappa shape index (κ1) is 49.1. The monoisotopic (exact) mass is 823 g/mol. The highest BCUT2D eigenvalue weighted by Gasteiger charge is 2.24. The Labute approximate surface area is 285 Å². The molecule has 0 aliphatic heterocycles. The van der Waals surface area contributed by atoms with Gasteiger partial charge in [-0.2, -0.15) is 0 Å². The molecule has 0 saturated carbocycles. The van der Waals surface area contributed by atoms with E-state index in [0.29, 0.717) is 0 Å². The molecule has 0 N–H and O–H groups in total. The maximum atomic E-state index is 2.52. The SMILES string of the molecule is CCCC[N+](CCCC)(CCCC)CCCCI.C[N+](C)(C)C.C[N+](C)(CI)Cc1ccccc1.[Cl-].[Cl-].[Cl-]. The maximum Gasteiger partial charge on any atom is 0.129 e. The van der Waals surface area contributed by atoms with Gasteiger partial charge in [-0.05, 0) is 59.1 Å². The Morgan fingerprint density at radius 3 is 1.26 bits per heavy atom. The van der Waals surface area contributed by atoms with Crippen LogP contribution >= 0.6 is 45.2 Å². The molecule has 3 nitrogen and oxygen atoms in total. The highest BCUT2D eigenvalue weighted by atomic mass is 127. The first-order valence-electron chi connectivity index (χ1n) is 14.0. The quantitative estimate of drug-likeness (QED) is 0.0689. The molecule has 0 unspecified atom stereocenters. The van der Waals surface area contributed by atoms with Crippen LogP contribution in [0.1, 0.15) is 77.7 Å².